The average Bonchev–Trinajstić information content (AvgIpc) is 2.17. The molecule has 0 atom stereocenters. The fourth-order valence-corrected chi connectivity index (χ4v) is 1.13. The van der Waals surface area contributed by atoms with Crippen LogP contribution in [0.15, 0.2) is 18.2 Å². The fraction of sp³-hybridized carbons (Fsp3) is 0.300. The topological polar surface area (TPSA) is 78.3 Å². The van der Waals surface area contributed by atoms with Gasteiger partial charge in [0.05, 0.1) is 6.61 Å². The molecule has 4 nitrogen and oxygen atoms in total. The minimum absolute atomic E-state index is 0.163. The number of ether oxygens (including phenoxy) is 1. The zero-order valence-corrected chi connectivity index (χ0v) is 8.20. The second-order valence-electron chi connectivity index (χ2n) is 2.97. The van der Waals surface area contributed by atoms with Crippen molar-refractivity contribution in [1.82, 2.24) is 0 Å². The van der Waals surface area contributed by atoms with Crippen LogP contribution in [0.2, 0.25) is 0 Å². The van der Waals surface area contributed by atoms with E-state index in [4.69, 9.17) is 16.2 Å². The largest absolute Gasteiger partial charge is 0.493 e. The van der Waals surface area contributed by atoms with Gasteiger partial charge in [-0.25, -0.2) is 4.39 Å². The van der Waals surface area contributed by atoms with Gasteiger partial charge in [-0.3, -0.25) is 4.79 Å². The Hall–Kier alpha value is -1.62. The molecular weight excluding hydrogens is 199 g/mol. The van der Waals surface area contributed by atoms with E-state index in [9.17, 15) is 9.18 Å². The van der Waals surface area contributed by atoms with Crippen LogP contribution in [-0.2, 0) is 0 Å². The normalized spacial score (nSPS) is 10.0. The molecule has 1 aromatic rings. The molecule has 0 radical (unpaired) electrons. The molecule has 1 aromatic carbocycles. The first kappa shape index (κ1) is 11.5. The van der Waals surface area contributed by atoms with Crippen molar-refractivity contribution >= 4 is 5.91 Å². The van der Waals surface area contributed by atoms with Gasteiger partial charge in [-0.15, -0.1) is 0 Å². The number of carbonyl (C=O) groups excluding carboxylic acids is 1. The number of amides is 1. The van der Waals surface area contributed by atoms with Crippen LogP contribution in [0.3, 0.4) is 0 Å². The summed E-state index contributed by atoms with van der Waals surface area (Å²) in [6, 6.07) is 4.12. The molecule has 0 aliphatic heterocycles. The summed E-state index contributed by atoms with van der Waals surface area (Å²) in [7, 11) is 0. The van der Waals surface area contributed by atoms with Gasteiger partial charge in [0.15, 0.2) is 0 Å². The molecule has 0 aliphatic rings. The van der Waals surface area contributed by atoms with Gasteiger partial charge in [0, 0.05) is 0 Å². The van der Waals surface area contributed by atoms with E-state index in [0.717, 1.165) is 6.07 Å². The second kappa shape index (κ2) is 5.31. The monoisotopic (exact) mass is 212 g/mol. The molecule has 15 heavy (non-hydrogen) atoms. The highest BCUT2D eigenvalue weighted by atomic mass is 19.1. The van der Waals surface area contributed by atoms with Crippen molar-refractivity contribution < 1.29 is 13.9 Å². The summed E-state index contributed by atoms with van der Waals surface area (Å²) < 4.78 is 18.4. The van der Waals surface area contributed by atoms with Gasteiger partial charge in [0.2, 0.25) is 0 Å². The minimum atomic E-state index is -0.837. The Morgan fingerprint density at radius 3 is 2.80 bits per heavy atom. The van der Waals surface area contributed by atoms with Crippen LogP contribution >= 0.6 is 0 Å². The first-order chi connectivity index (χ1) is 7.16. The Morgan fingerprint density at radius 1 is 1.47 bits per heavy atom. The number of hydrogen-bond acceptors (Lipinski definition) is 3. The molecule has 0 heterocycles. The predicted molar refractivity (Wildman–Crippen MR) is 54.1 cm³/mol. The molecule has 0 unspecified atom stereocenters. The van der Waals surface area contributed by atoms with Crippen LogP contribution in [0.1, 0.15) is 16.8 Å². The van der Waals surface area contributed by atoms with Gasteiger partial charge >= 0.3 is 0 Å². The first-order valence-electron chi connectivity index (χ1n) is 4.58. The van der Waals surface area contributed by atoms with E-state index in [2.05, 4.69) is 0 Å². The Labute approximate surface area is 87.0 Å². The lowest BCUT2D eigenvalue weighted by molar-refractivity contribution is 0.0992. The summed E-state index contributed by atoms with van der Waals surface area (Å²) in [4.78, 5) is 11.0. The summed E-state index contributed by atoms with van der Waals surface area (Å²) in [6.07, 6.45) is 0.634. The van der Waals surface area contributed by atoms with Crippen molar-refractivity contribution in [2.24, 2.45) is 11.5 Å². The fourth-order valence-electron chi connectivity index (χ4n) is 1.13. The molecule has 0 saturated carbocycles. The molecule has 0 bridgehead atoms. The smallest absolute Gasteiger partial charge is 0.255 e. The Bertz CT molecular complexity index is 355. The molecule has 1 rings (SSSR count). The summed E-state index contributed by atoms with van der Waals surface area (Å²) in [5.41, 5.74) is 10.1. The number of carbonyl (C=O) groups is 1. The molecule has 0 saturated heterocycles. The van der Waals surface area contributed by atoms with Crippen LogP contribution in [-0.4, -0.2) is 19.1 Å². The molecule has 1 amide bonds. The summed E-state index contributed by atoms with van der Waals surface area (Å²) in [6.45, 7) is 0.807. The van der Waals surface area contributed by atoms with Crippen molar-refractivity contribution in [2.75, 3.05) is 13.2 Å². The lowest BCUT2D eigenvalue weighted by Gasteiger charge is -2.09. The second-order valence-corrected chi connectivity index (χ2v) is 2.97. The third-order valence-corrected chi connectivity index (χ3v) is 1.83. The van der Waals surface area contributed by atoms with E-state index in [1.807, 2.05) is 0 Å². The Morgan fingerprint density at radius 2 is 2.20 bits per heavy atom. The van der Waals surface area contributed by atoms with Crippen LogP contribution in [0.25, 0.3) is 0 Å². The van der Waals surface area contributed by atoms with Crippen molar-refractivity contribution in [1.29, 1.82) is 0 Å². The molecule has 0 fully saturated rings. The van der Waals surface area contributed by atoms with Gasteiger partial charge in [0.25, 0.3) is 5.91 Å². The van der Waals surface area contributed by atoms with Crippen LogP contribution in [0.4, 0.5) is 4.39 Å². The van der Waals surface area contributed by atoms with Gasteiger partial charge in [-0.05, 0) is 25.1 Å². The molecule has 5 heteroatoms. The SMILES string of the molecule is NCCCOc1cccc(F)c1C(N)=O. The highest BCUT2D eigenvalue weighted by molar-refractivity contribution is 5.95. The van der Waals surface area contributed by atoms with E-state index in [-0.39, 0.29) is 11.3 Å². The van der Waals surface area contributed by atoms with E-state index in [1.165, 1.54) is 12.1 Å². The summed E-state index contributed by atoms with van der Waals surface area (Å²) in [5, 5.41) is 0. The zero-order chi connectivity index (χ0) is 11.3. The van der Waals surface area contributed by atoms with Crippen molar-refractivity contribution in [2.45, 2.75) is 6.42 Å². The maximum Gasteiger partial charge on any atom is 0.255 e. The first-order valence-corrected chi connectivity index (χ1v) is 4.58. The van der Waals surface area contributed by atoms with Gasteiger partial charge in [0.1, 0.15) is 17.1 Å². The standard InChI is InChI=1S/C10H13FN2O2/c11-7-3-1-4-8(9(7)10(13)14)15-6-2-5-12/h1,3-4H,2,5-6,12H2,(H2,13,14). The molecule has 4 N–H and O–H groups in total. The van der Waals surface area contributed by atoms with Crippen molar-refractivity contribution in [3.05, 3.63) is 29.6 Å². The van der Waals surface area contributed by atoms with Crippen LogP contribution in [0, 0.1) is 5.82 Å². The Kier molecular flexibility index (Phi) is 4.05. The van der Waals surface area contributed by atoms with E-state index in [1.54, 1.807) is 0 Å². The lowest BCUT2D eigenvalue weighted by atomic mass is 10.2. The highest BCUT2D eigenvalue weighted by Crippen LogP contribution is 2.20. The molecule has 82 valence electrons. The zero-order valence-electron chi connectivity index (χ0n) is 8.20. The summed E-state index contributed by atoms with van der Waals surface area (Å²) in [5.74, 6) is -1.35. The van der Waals surface area contributed by atoms with E-state index in [0.29, 0.717) is 19.6 Å². The summed E-state index contributed by atoms with van der Waals surface area (Å²) >= 11 is 0. The van der Waals surface area contributed by atoms with Crippen LogP contribution < -0.4 is 16.2 Å². The predicted octanol–water partition coefficient (Wildman–Crippen LogP) is 0.652. The number of benzene rings is 1. The van der Waals surface area contributed by atoms with E-state index >= 15 is 0 Å². The molecule has 0 spiro atoms. The third-order valence-electron chi connectivity index (χ3n) is 1.83. The van der Waals surface area contributed by atoms with Crippen LogP contribution in [0.5, 0.6) is 5.75 Å². The van der Waals surface area contributed by atoms with E-state index < -0.39 is 11.7 Å². The lowest BCUT2D eigenvalue weighted by Crippen LogP contribution is -2.16. The number of nitrogens with two attached hydrogens (primary N) is 2. The average molecular weight is 212 g/mol. The quantitative estimate of drug-likeness (QED) is 0.703. The highest BCUT2D eigenvalue weighted by Gasteiger charge is 2.14. The number of rotatable bonds is 5. The third kappa shape index (κ3) is 2.92. The molecule has 0 aliphatic carbocycles. The van der Waals surface area contributed by atoms with Gasteiger partial charge < -0.3 is 16.2 Å². The minimum Gasteiger partial charge on any atom is -0.493 e. The molecular formula is C10H13FN2O2. The number of primary amides is 1. The molecule has 0 aromatic heterocycles. The number of hydrogen-bond donors (Lipinski definition) is 2. The number of halogens is 1. The Balaban J connectivity index is 2.86. The van der Waals surface area contributed by atoms with Gasteiger partial charge in [-0.1, -0.05) is 6.07 Å². The van der Waals surface area contributed by atoms with Crippen molar-refractivity contribution in [3.63, 3.8) is 0 Å². The van der Waals surface area contributed by atoms with Gasteiger partial charge in [-0.2, -0.15) is 0 Å². The maximum absolute atomic E-state index is 13.2. The van der Waals surface area contributed by atoms with Crippen molar-refractivity contribution in [3.8, 4) is 5.75 Å². The maximum atomic E-state index is 13.2.